The summed E-state index contributed by atoms with van der Waals surface area (Å²) in [5.74, 6) is 0.758. The lowest BCUT2D eigenvalue weighted by molar-refractivity contribution is -0.117. The molecule has 28 heavy (non-hydrogen) atoms. The van der Waals surface area contributed by atoms with Crippen molar-refractivity contribution in [1.29, 1.82) is 5.26 Å². The van der Waals surface area contributed by atoms with Crippen molar-refractivity contribution in [3.63, 3.8) is 0 Å². The number of hydrogen-bond donors (Lipinski definition) is 1. The first-order valence-electron chi connectivity index (χ1n) is 8.48. The van der Waals surface area contributed by atoms with Crippen molar-refractivity contribution in [2.24, 2.45) is 0 Å². The molecule has 1 heterocycles. The second kappa shape index (κ2) is 8.69. The second-order valence-electron chi connectivity index (χ2n) is 5.91. The van der Waals surface area contributed by atoms with Crippen LogP contribution in [-0.2, 0) is 11.3 Å². The Labute approximate surface area is 161 Å². The standard InChI is InChI=1S/C22H17FN2O3/c1-27-19-8-2-15(3-9-19)14-25-22(26)17(13-24)12-20-10-11-21(28-20)16-4-6-18(23)7-5-16/h2-12H,14H2,1H3,(H,25,26)/b17-12-. The van der Waals surface area contributed by atoms with Crippen LogP contribution in [0.2, 0.25) is 0 Å². The summed E-state index contributed by atoms with van der Waals surface area (Å²) in [5, 5.41) is 12.0. The number of nitrogens with zero attached hydrogens (tertiary/aromatic N) is 1. The number of nitrogens with one attached hydrogen (secondary N) is 1. The summed E-state index contributed by atoms with van der Waals surface area (Å²) in [6, 6.07) is 18.3. The maximum absolute atomic E-state index is 13.0. The van der Waals surface area contributed by atoms with Gasteiger partial charge in [0.2, 0.25) is 0 Å². The number of rotatable bonds is 6. The molecule has 0 saturated carbocycles. The molecule has 5 nitrogen and oxygen atoms in total. The normalized spacial score (nSPS) is 11.0. The van der Waals surface area contributed by atoms with Crippen molar-refractivity contribution in [1.82, 2.24) is 5.32 Å². The molecule has 1 amide bonds. The van der Waals surface area contributed by atoms with Gasteiger partial charge in [-0.2, -0.15) is 5.26 Å². The topological polar surface area (TPSA) is 75.3 Å². The molecule has 0 atom stereocenters. The third-order valence-electron chi connectivity index (χ3n) is 4.02. The van der Waals surface area contributed by atoms with E-state index in [2.05, 4.69) is 5.32 Å². The Morgan fingerprint density at radius 1 is 1.14 bits per heavy atom. The van der Waals surface area contributed by atoms with E-state index in [1.54, 1.807) is 43.5 Å². The molecule has 0 radical (unpaired) electrons. The lowest BCUT2D eigenvalue weighted by Gasteiger charge is -2.05. The molecular weight excluding hydrogens is 359 g/mol. The number of halogens is 1. The number of hydrogen-bond acceptors (Lipinski definition) is 4. The Balaban J connectivity index is 1.68. The van der Waals surface area contributed by atoms with Crippen LogP contribution >= 0.6 is 0 Å². The van der Waals surface area contributed by atoms with Gasteiger partial charge in [-0.05, 0) is 54.1 Å². The van der Waals surface area contributed by atoms with Gasteiger partial charge in [-0.25, -0.2) is 4.39 Å². The number of furan rings is 1. The summed E-state index contributed by atoms with van der Waals surface area (Å²) in [6.07, 6.45) is 1.37. The molecule has 0 aliphatic rings. The molecular formula is C22H17FN2O3. The van der Waals surface area contributed by atoms with Gasteiger partial charge in [0.15, 0.2) is 0 Å². The first-order chi connectivity index (χ1) is 13.6. The molecule has 3 aromatic rings. The third-order valence-corrected chi connectivity index (χ3v) is 4.02. The van der Waals surface area contributed by atoms with E-state index >= 15 is 0 Å². The zero-order chi connectivity index (χ0) is 19.9. The summed E-state index contributed by atoms with van der Waals surface area (Å²) in [4.78, 5) is 12.3. The molecule has 1 N–H and O–H groups in total. The van der Waals surface area contributed by atoms with Crippen LogP contribution in [0, 0.1) is 17.1 Å². The number of carbonyl (C=O) groups excluding carboxylic acids is 1. The summed E-state index contributed by atoms with van der Waals surface area (Å²) in [6.45, 7) is 0.279. The zero-order valence-electron chi connectivity index (χ0n) is 15.1. The van der Waals surface area contributed by atoms with Crippen LogP contribution in [0.25, 0.3) is 17.4 Å². The van der Waals surface area contributed by atoms with Crippen LogP contribution in [0.15, 0.2) is 70.7 Å². The number of nitriles is 1. The van der Waals surface area contributed by atoms with Gasteiger partial charge in [-0.15, -0.1) is 0 Å². The van der Waals surface area contributed by atoms with E-state index in [1.807, 2.05) is 18.2 Å². The zero-order valence-corrected chi connectivity index (χ0v) is 15.1. The molecule has 0 unspecified atom stereocenters. The highest BCUT2D eigenvalue weighted by Gasteiger charge is 2.11. The number of amides is 1. The van der Waals surface area contributed by atoms with Gasteiger partial charge < -0.3 is 14.5 Å². The lowest BCUT2D eigenvalue weighted by Crippen LogP contribution is -2.23. The van der Waals surface area contributed by atoms with Crippen molar-refractivity contribution in [2.45, 2.75) is 6.54 Å². The van der Waals surface area contributed by atoms with E-state index in [4.69, 9.17) is 9.15 Å². The van der Waals surface area contributed by atoms with Crippen LogP contribution in [0.3, 0.4) is 0 Å². The van der Waals surface area contributed by atoms with Crippen LogP contribution in [0.5, 0.6) is 5.75 Å². The average Bonchev–Trinajstić information content (AvgIpc) is 3.19. The van der Waals surface area contributed by atoms with Crippen LogP contribution < -0.4 is 10.1 Å². The fourth-order valence-corrected chi connectivity index (χ4v) is 2.51. The van der Waals surface area contributed by atoms with E-state index in [1.165, 1.54) is 18.2 Å². The first-order valence-corrected chi connectivity index (χ1v) is 8.48. The molecule has 6 heteroatoms. The summed E-state index contributed by atoms with van der Waals surface area (Å²) in [7, 11) is 1.58. The molecule has 1 aromatic heterocycles. The van der Waals surface area contributed by atoms with Gasteiger partial charge in [0.25, 0.3) is 5.91 Å². The smallest absolute Gasteiger partial charge is 0.262 e. The van der Waals surface area contributed by atoms with Gasteiger partial charge in [-0.3, -0.25) is 4.79 Å². The minimum atomic E-state index is -0.502. The molecule has 0 spiro atoms. The van der Waals surface area contributed by atoms with Gasteiger partial charge in [-0.1, -0.05) is 12.1 Å². The Hall–Kier alpha value is -3.85. The Morgan fingerprint density at radius 2 is 1.86 bits per heavy atom. The monoisotopic (exact) mass is 376 g/mol. The molecule has 140 valence electrons. The number of carbonyl (C=O) groups is 1. The molecule has 0 saturated heterocycles. The summed E-state index contributed by atoms with van der Waals surface area (Å²) >= 11 is 0. The Morgan fingerprint density at radius 3 is 2.50 bits per heavy atom. The van der Waals surface area contributed by atoms with E-state index in [0.29, 0.717) is 17.1 Å². The van der Waals surface area contributed by atoms with Crippen molar-refractivity contribution in [3.05, 3.63) is 83.4 Å². The fourth-order valence-electron chi connectivity index (χ4n) is 2.51. The molecule has 0 fully saturated rings. The maximum atomic E-state index is 13.0. The van der Waals surface area contributed by atoms with Gasteiger partial charge in [0.1, 0.15) is 34.7 Å². The Bertz CT molecular complexity index is 1030. The van der Waals surface area contributed by atoms with Crippen molar-refractivity contribution in [2.75, 3.05) is 7.11 Å². The number of methoxy groups -OCH3 is 1. The van der Waals surface area contributed by atoms with E-state index in [-0.39, 0.29) is 17.9 Å². The summed E-state index contributed by atoms with van der Waals surface area (Å²) in [5.41, 5.74) is 1.50. The average molecular weight is 376 g/mol. The van der Waals surface area contributed by atoms with Crippen molar-refractivity contribution in [3.8, 4) is 23.1 Å². The van der Waals surface area contributed by atoms with Crippen molar-refractivity contribution < 1.29 is 18.3 Å². The predicted octanol–water partition coefficient (Wildman–Crippen LogP) is 4.32. The highest BCUT2D eigenvalue weighted by Crippen LogP contribution is 2.23. The highest BCUT2D eigenvalue weighted by molar-refractivity contribution is 6.01. The SMILES string of the molecule is COc1ccc(CNC(=O)/C(C#N)=C\c2ccc(-c3ccc(F)cc3)o2)cc1. The lowest BCUT2D eigenvalue weighted by atomic mass is 10.2. The number of ether oxygens (including phenoxy) is 1. The van der Waals surface area contributed by atoms with Crippen molar-refractivity contribution >= 4 is 12.0 Å². The van der Waals surface area contributed by atoms with E-state index in [0.717, 1.165) is 11.3 Å². The van der Waals surface area contributed by atoms with Crippen LogP contribution in [-0.4, -0.2) is 13.0 Å². The molecule has 0 aliphatic heterocycles. The van der Waals surface area contributed by atoms with Gasteiger partial charge in [0, 0.05) is 18.2 Å². The number of benzene rings is 2. The quantitative estimate of drug-likeness (QED) is 0.514. The molecule has 2 aromatic carbocycles. The molecule has 0 bridgehead atoms. The second-order valence-corrected chi connectivity index (χ2v) is 5.91. The summed E-state index contributed by atoms with van der Waals surface area (Å²) < 4.78 is 23.7. The largest absolute Gasteiger partial charge is 0.497 e. The molecule has 0 aliphatic carbocycles. The predicted molar refractivity (Wildman–Crippen MR) is 103 cm³/mol. The van der Waals surface area contributed by atoms with Crippen LogP contribution in [0.1, 0.15) is 11.3 Å². The third kappa shape index (κ3) is 4.65. The minimum absolute atomic E-state index is 0.0754. The first kappa shape index (κ1) is 18.9. The fraction of sp³-hybridized carbons (Fsp3) is 0.0909. The maximum Gasteiger partial charge on any atom is 0.262 e. The Kier molecular flexibility index (Phi) is 5.87. The van der Waals surface area contributed by atoms with E-state index in [9.17, 15) is 14.4 Å². The van der Waals surface area contributed by atoms with E-state index < -0.39 is 5.91 Å². The van der Waals surface area contributed by atoms with Gasteiger partial charge in [0.05, 0.1) is 7.11 Å². The minimum Gasteiger partial charge on any atom is -0.497 e. The van der Waals surface area contributed by atoms with Crippen LogP contribution in [0.4, 0.5) is 4.39 Å². The molecule has 3 rings (SSSR count). The highest BCUT2D eigenvalue weighted by atomic mass is 19.1. The van der Waals surface area contributed by atoms with Gasteiger partial charge >= 0.3 is 0 Å².